The Hall–Kier alpha value is -2.29. The molecule has 0 aliphatic carbocycles. The maximum Gasteiger partial charge on any atom is 0.401 e. The second-order valence-electron chi connectivity index (χ2n) is 7.63. The lowest BCUT2D eigenvalue weighted by Crippen LogP contribution is -2.40. The summed E-state index contributed by atoms with van der Waals surface area (Å²) in [6.45, 7) is 2.01. The van der Waals surface area contributed by atoms with Crippen LogP contribution in [0.3, 0.4) is 0 Å². The molecule has 0 bridgehead atoms. The number of benzene rings is 1. The Bertz CT molecular complexity index is 720. The van der Waals surface area contributed by atoms with Gasteiger partial charge in [-0.3, -0.25) is 14.7 Å². The zero-order valence-corrected chi connectivity index (χ0v) is 16.6. The molecule has 0 radical (unpaired) electrons. The largest absolute Gasteiger partial charge is 0.401 e. The first-order valence-corrected chi connectivity index (χ1v) is 9.97. The SMILES string of the molecule is CN=C(NCc1ccc(N2CCCC2=O)cc1)NCC1CCN(CC(F)(F)F)C1. The van der Waals surface area contributed by atoms with Gasteiger partial charge in [0, 0.05) is 45.3 Å². The van der Waals surface area contributed by atoms with Gasteiger partial charge in [0.1, 0.15) is 0 Å². The molecule has 1 aromatic rings. The van der Waals surface area contributed by atoms with Crippen LogP contribution < -0.4 is 15.5 Å². The van der Waals surface area contributed by atoms with Crippen LogP contribution in [0.5, 0.6) is 0 Å². The van der Waals surface area contributed by atoms with Gasteiger partial charge < -0.3 is 15.5 Å². The number of guanidine groups is 1. The van der Waals surface area contributed by atoms with Gasteiger partial charge in [0.2, 0.25) is 5.91 Å². The third kappa shape index (κ3) is 6.35. The van der Waals surface area contributed by atoms with E-state index in [-0.39, 0.29) is 11.8 Å². The molecule has 0 aromatic heterocycles. The van der Waals surface area contributed by atoms with E-state index in [0.717, 1.165) is 30.6 Å². The molecule has 0 spiro atoms. The molecule has 1 amide bonds. The molecule has 0 saturated carbocycles. The van der Waals surface area contributed by atoms with Gasteiger partial charge in [0.05, 0.1) is 6.54 Å². The average molecular weight is 411 g/mol. The van der Waals surface area contributed by atoms with Crippen LogP contribution in [0, 0.1) is 5.92 Å². The smallest absolute Gasteiger partial charge is 0.356 e. The predicted molar refractivity (Wildman–Crippen MR) is 107 cm³/mol. The second kappa shape index (κ2) is 9.47. The first kappa shape index (κ1) is 21.4. The lowest BCUT2D eigenvalue weighted by molar-refractivity contribution is -0.143. The summed E-state index contributed by atoms with van der Waals surface area (Å²) >= 11 is 0. The number of alkyl halides is 3. The third-order valence-corrected chi connectivity index (χ3v) is 5.34. The van der Waals surface area contributed by atoms with Gasteiger partial charge in [0.25, 0.3) is 0 Å². The molecular formula is C20H28F3N5O. The van der Waals surface area contributed by atoms with Gasteiger partial charge in [-0.2, -0.15) is 13.2 Å². The molecule has 9 heteroatoms. The Morgan fingerprint density at radius 2 is 1.97 bits per heavy atom. The van der Waals surface area contributed by atoms with Crippen molar-refractivity contribution >= 4 is 17.6 Å². The lowest BCUT2D eigenvalue weighted by atomic mass is 10.1. The molecule has 1 aromatic carbocycles. The quantitative estimate of drug-likeness (QED) is 0.557. The van der Waals surface area contributed by atoms with Gasteiger partial charge in [-0.05, 0) is 43.0 Å². The summed E-state index contributed by atoms with van der Waals surface area (Å²) in [7, 11) is 1.67. The van der Waals surface area contributed by atoms with Crippen molar-refractivity contribution in [2.24, 2.45) is 10.9 Å². The van der Waals surface area contributed by atoms with Crippen LogP contribution in [-0.4, -0.2) is 62.7 Å². The molecule has 2 aliphatic rings. The predicted octanol–water partition coefficient (Wildman–Crippen LogP) is 2.36. The Kier molecular flexibility index (Phi) is 7.00. The molecule has 29 heavy (non-hydrogen) atoms. The number of amides is 1. The van der Waals surface area contributed by atoms with E-state index in [1.54, 1.807) is 11.9 Å². The Labute approximate surface area is 169 Å². The van der Waals surface area contributed by atoms with E-state index in [2.05, 4.69) is 15.6 Å². The Morgan fingerprint density at radius 3 is 2.59 bits per heavy atom. The lowest BCUT2D eigenvalue weighted by Gasteiger charge is -2.19. The summed E-state index contributed by atoms with van der Waals surface area (Å²) < 4.78 is 37.5. The minimum absolute atomic E-state index is 0.168. The normalized spacial score (nSPS) is 21.1. The van der Waals surface area contributed by atoms with Crippen molar-refractivity contribution in [1.29, 1.82) is 0 Å². The van der Waals surface area contributed by atoms with E-state index in [4.69, 9.17) is 0 Å². The zero-order chi connectivity index (χ0) is 20.9. The van der Waals surface area contributed by atoms with E-state index in [1.165, 1.54) is 4.90 Å². The number of anilines is 1. The fraction of sp³-hybridized carbons (Fsp3) is 0.600. The van der Waals surface area contributed by atoms with E-state index in [9.17, 15) is 18.0 Å². The van der Waals surface area contributed by atoms with Crippen LogP contribution in [-0.2, 0) is 11.3 Å². The number of nitrogens with one attached hydrogen (secondary N) is 2. The minimum atomic E-state index is -4.14. The minimum Gasteiger partial charge on any atom is -0.356 e. The highest BCUT2D eigenvalue weighted by molar-refractivity contribution is 5.95. The highest BCUT2D eigenvalue weighted by atomic mass is 19.4. The third-order valence-electron chi connectivity index (χ3n) is 5.34. The number of halogens is 3. The number of nitrogens with zero attached hydrogens (tertiary/aromatic N) is 3. The molecule has 2 aliphatic heterocycles. The maximum absolute atomic E-state index is 12.5. The average Bonchev–Trinajstić information content (AvgIpc) is 3.30. The first-order chi connectivity index (χ1) is 13.8. The van der Waals surface area contributed by atoms with Crippen LogP contribution in [0.2, 0.25) is 0 Å². The molecule has 1 unspecified atom stereocenters. The number of hydrogen-bond donors (Lipinski definition) is 2. The van der Waals surface area contributed by atoms with Crippen molar-refractivity contribution in [2.75, 3.05) is 44.7 Å². The summed E-state index contributed by atoms with van der Waals surface area (Å²) in [6, 6.07) is 7.86. The van der Waals surface area contributed by atoms with Crippen LogP contribution in [0.25, 0.3) is 0 Å². The fourth-order valence-electron chi connectivity index (χ4n) is 3.84. The summed E-state index contributed by atoms with van der Waals surface area (Å²) in [4.78, 5) is 19.3. The summed E-state index contributed by atoms with van der Waals surface area (Å²) in [5, 5.41) is 6.43. The van der Waals surface area contributed by atoms with Crippen LogP contribution in [0.15, 0.2) is 29.3 Å². The molecule has 2 fully saturated rings. The monoisotopic (exact) mass is 411 g/mol. The van der Waals surface area contributed by atoms with Crippen molar-refractivity contribution in [3.8, 4) is 0 Å². The first-order valence-electron chi connectivity index (χ1n) is 9.97. The molecule has 2 saturated heterocycles. The van der Waals surface area contributed by atoms with Gasteiger partial charge in [0.15, 0.2) is 5.96 Å². The highest BCUT2D eigenvalue weighted by Crippen LogP contribution is 2.23. The highest BCUT2D eigenvalue weighted by Gasteiger charge is 2.34. The summed E-state index contributed by atoms with van der Waals surface area (Å²) in [5.41, 5.74) is 1.98. The van der Waals surface area contributed by atoms with E-state index >= 15 is 0 Å². The molecule has 160 valence electrons. The molecule has 3 rings (SSSR count). The van der Waals surface area contributed by atoms with Crippen molar-refractivity contribution in [1.82, 2.24) is 15.5 Å². The topological polar surface area (TPSA) is 60.0 Å². The van der Waals surface area contributed by atoms with Crippen LogP contribution in [0.1, 0.15) is 24.8 Å². The number of rotatable bonds is 6. The summed E-state index contributed by atoms with van der Waals surface area (Å²) in [6.07, 6.45) is -1.88. The maximum atomic E-state index is 12.5. The van der Waals surface area contributed by atoms with Gasteiger partial charge in [-0.15, -0.1) is 0 Å². The van der Waals surface area contributed by atoms with Crippen molar-refractivity contribution in [3.63, 3.8) is 0 Å². The zero-order valence-electron chi connectivity index (χ0n) is 16.6. The number of hydrogen-bond acceptors (Lipinski definition) is 3. The number of aliphatic imine (C=N–C) groups is 1. The second-order valence-corrected chi connectivity index (χ2v) is 7.63. The molecule has 2 heterocycles. The van der Waals surface area contributed by atoms with E-state index in [1.807, 2.05) is 24.3 Å². The van der Waals surface area contributed by atoms with Crippen molar-refractivity contribution < 1.29 is 18.0 Å². The fourth-order valence-corrected chi connectivity index (χ4v) is 3.84. The molecular weight excluding hydrogens is 383 g/mol. The Balaban J connectivity index is 1.41. The molecule has 2 N–H and O–H groups in total. The molecule has 6 nitrogen and oxygen atoms in total. The van der Waals surface area contributed by atoms with E-state index in [0.29, 0.717) is 38.6 Å². The van der Waals surface area contributed by atoms with Gasteiger partial charge >= 0.3 is 6.18 Å². The van der Waals surface area contributed by atoms with Crippen LogP contribution >= 0.6 is 0 Å². The standard InChI is InChI=1S/C20H28F3N5O/c1-24-19(26-12-16-8-10-27(13-16)14-20(21,22)23)25-11-15-4-6-17(7-5-15)28-9-2-3-18(28)29/h4-7,16H,2-3,8-14H2,1H3,(H2,24,25,26). The van der Waals surface area contributed by atoms with Gasteiger partial charge in [-0.25, -0.2) is 0 Å². The number of carbonyl (C=O) groups is 1. The number of likely N-dealkylation sites (tertiary alicyclic amines) is 1. The van der Waals surface area contributed by atoms with Gasteiger partial charge in [-0.1, -0.05) is 12.1 Å². The number of carbonyl (C=O) groups excluding carboxylic acids is 1. The van der Waals surface area contributed by atoms with Crippen LogP contribution in [0.4, 0.5) is 18.9 Å². The van der Waals surface area contributed by atoms with Crippen molar-refractivity contribution in [2.45, 2.75) is 32.0 Å². The van der Waals surface area contributed by atoms with Crippen molar-refractivity contribution in [3.05, 3.63) is 29.8 Å². The van der Waals surface area contributed by atoms with E-state index < -0.39 is 12.7 Å². The molecule has 1 atom stereocenters. The summed E-state index contributed by atoms with van der Waals surface area (Å²) in [5.74, 6) is 0.965. The Morgan fingerprint density at radius 1 is 1.21 bits per heavy atom.